The lowest BCUT2D eigenvalue weighted by Crippen LogP contribution is -2.58. The first-order valence-electron chi connectivity index (χ1n) is 12.8. The van der Waals surface area contributed by atoms with Gasteiger partial charge < -0.3 is 9.64 Å². The summed E-state index contributed by atoms with van der Waals surface area (Å²) in [6, 6.07) is 7.88. The number of hydrogen-bond donors (Lipinski definition) is 1. The largest absolute Gasteiger partial charge is 0.465 e. The molecule has 4 rings (SSSR count). The third kappa shape index (κ3) is 7.09. The van der Waals surface area contributed by atoms with Gasteiger partial charge in [-0.15, -0.1) is 0 Å². The number of methoxy groups -OCH3 is 1. The molecule has 208 valence electrons. The number of carbonyl (C=O) groups excluding carboxylic acids is 1. The van der Waals surface area contributed by atoms with E-state index in [0.717, 1.165) is 63.8 Å². The summed E-state index contributed by atoms with van der Waals surface area (Å²) in [5, 5.41) is 0.958. The van der Waals surface area contributed by atoms with E-state index in [4.69, 9.17) is 27.9 Å². The molecule has 0 spiro atoms. The van der Waals surface area contributed by atoms with Crippen molar-refractivity contribution in [1.29, 1.82) is 0 Å². The average molecular weight is 585 g/mol. The fourth-order valence-corrected chi connectivity index (χ4v) is 6.47. The molecule has 0 bridgehead atoms. The van der Waals surface area contributed by atoms with Gasteiger partial charge in [-0.1, -0.05) is 36.2 Å². The molecule has 2 aromatic rings. The maximum atomic E-state index is 12.2. The molecule has 0 unspecified atom stereocenters. The first-order valence-corrected chi connectivity index (χ1v) is 15.5. The number of piperazine rings is 1. The zero-order chi connectivity index (χ0) is 27.4. The van der Waals surface area contributed by atoms with Crippen LogP contribution in [-0.2, 0) is 21.3 Å². The number of sulfonamides is 1. The van der Waals surface area contributed by atoms with Gasteiger partial charge in [-0.25, -0.2) is 18.2 Å². The molecule has 1 aromatic heterocycles. The summed E-state index contributed by atoms with van der Waals surface area (Å²) < 4.78 is 30.4. The van der Waals surface area contributed by atoms with Crippen molar-refractivity contribution in [3.63, 3.8) is 0 Å². The van der Waals surface area contributed by atoms with Crippen LogP contribution in [0.4, 0.5) is 11.5 Å². The first kappa shape index (κ1) is 28.9. The Morgan fingerprint density at radius 2 is 1.89 bits per heavy atom. The van der Waals surface area contributed by atoms with E-state index in [1.165, 1.54) is 13.3 Å². The zero-order valence-electron chi connectivity index (χ0n) is 22.0. The van der Waals surface area contributed by atoms with E-state index in [1.54, 1.807) is 12.1 Å². The van der Waals surface area contributed by atoms with Gasteiger partial charge in [0.2, 0.25) is 10.0 Å². The number of aromatic nitrogens is 1. The summed E-state index contributed by atoms with van der Waals surface area (Å²) in [6.45, 7) is 7.33. The molecule has 0 radical (unpaired) electrons. The van der Waals surface area contributed by atoms with Crippen molar-refractivity contribution in [3.8, 4) is 0 Å². The van der Waals surface area contributed by atoms with Crippen LogP contribution in [0.3, 0.4) is 0 Å². The third-order valence-corrected chi connectivity index (χ3v) is 8.44. The SMILES string of the molecule is CC[C@H]1CN(c2ncc(NS(C)(=O)=O)cc2Cl)CCN1C1CCN(Cc2ccc(Cl)cc2C(=O)OC)CC1. The molecule has 3 heterocycles. The molecular weight excluding hydrogens is 549 g/mol. The number of ether oxygens (including phenoxy) is 1. The monoisotopic (exact) mass is 583 g/mol. The Morgan fingerprint density at radius 3 is 2.53 bits per heavy atom. The van der Waals surface area contributed by atoms with E-state index in [9.17, 15) is 13.2 Å². The van der Waals surface area contributed by atoms with Gasteiger partial charge in [0.15, 0.2) is 0 Å². The minimum Gasteiger partial charge on any atom is -0.465 e. The number of nitrogens with one attached hydrogen (secondary N) is 1. The number of piperidine rings is 1. The quantitative estimate of drug-likeness (QED) is 0.464. The zero-order valence-corrected chi connectivity index (χ0v) is 24.3. The summed E-state index contributed by atoms with van der Waals surface area (Å²) in [5.74, 6) is 0.319. The van der Waals surface area contributed by atoms with Crippen LogP contribution in [0.5, 0.6) is 0 Å². The molecule has 2 aliphatic heterocycles. The van der Waals surface area contributed by atoms with Gasteiger partial charge in [0, 0.05) is 43.3 Å². The van der Waals surface area contributed by atoms with Crippen molar-refractivity contribution in [2.24, 2.45) is 0 Å². The summed E-state index contributed by atoms with van der Waals surface area (Å²) in [4.78, 5) is 23.9. The van der Waals surface area contributed by atoms with E-state index < -0.39 is 10.0 Å². The predicted molar refractivity (Wildman–Crippen MR) is 152 cm³/mol. The fraction of sp³-hybridized carbons (Fsp3) is 0.538. The summed E-state index contributed by atoms with van der Waals surface area (Å²) in [5.41, 5.74) is 1.81. The molecule has 0 saturated carbocycles. The second kappa shape index (κ2) is 12.4. The number of anilines is 2. The lowest BCUT2D eigenvalue weighted by atomic mass is 9.97. The maximum Gasteiger partial charge on any atom is 0.338 e. The second-order valence-electron chi connectivity index (χ2n) is 9.95. The Balaban J connectivity index is 1.35. The fourth-order valence-electron chi connectivity index (χ4n) is 5.48. The number of likely N-dealkylation sites (tertiary alicyclic amines) is 1. The highest BCUT2D eigenvalue weighted by atomic mass is 35.5. The number of nitrogens with zero attached hydrogens (tertiary/aromatic N) is 4. The van der Waals surface area contributed by atoms with Crippen molar-refractivity contribution in [2.45, 2.75) is 44.8 Å². The van der Waals surface area contributed by atoms with Crippen LogP contribution >= 0.6 is 23.2 Å². The van der Waals surface area contributed by atoms with E-state index in [2.05, 4.69) is 31.3 Å². The minimum absolute atomic E-state index is 0.357. The number of hydrogen-bond acceptors (Lipinski definition) is 8. The Morgan fingerprint density at radius 1 is 1.16 bits per heavy atom. The molecule has 12 heteroatoms. The topological polar surface area (TPSA) is 95.1 Å². The standard InChI is InChI=1S/C26H35Cl2N5O4S/c1-4-21-17-32(25-24(28)14-20(15-29-25)30-38(3,35)36)11-12-33(21)22-7-9-31(10-8-22)16-18-5-6-19(27)13-23(18)26(34)37-2/h5-6,13-15,21-22,30H,4,7-12,16-17H2,1-3H3/t21-/m0/s1. The minimum atomic E-state index is -3.39. The molecule has 9 nitrogen and oxygen atoms in total. The van der Waals surface area contributed by atoms with Gasteiger partial charge >= 0.3 is 5.97 Å². The Hall–Kier alpha value is -2.11. The van der Waals surface area contributed by atoms with Crippen LogP contribution in [0.2, 0.25) is 10.0 Å². The number of benzene rings is 1. The normalized spacial score (nSPS) is 19.9. The molecule has 2 saturated heterocycles. The summed E-state index contributed by atoms with van der Waals surface area (Å²) in [7, 11) is -2.01. The lowest BCUT2D eigenvalue weighted by Gasteiger charge is -2.47. The van der Waals surface area contributed by atoms with Crippen molar-refractivity contribution in [2.75, 3.05) is 55.7 Å². The smallest absolute Gasteiger partial charge is 0.338 e. The number of halogens is 2. The molecule has 1 atom stereocenters. The Labute approximate surface area is 235 Å². The van der Waals surface area contributed by atoms with Crippen LogP contribution < -0.4 is 9.62 Å². The maximum absolute atomic E-state index is 12.2. The van der Waals surface area contributed by atoms with Gasteiger partial charge in [-0.3, -0.25) is 14.5 Å². The van der Waals surface area contributed by atoms with Crippen molar-refractivity contribution >= 4 is 50.7 Å². The molecule has 2 fully saturated rings. The first-order chi connectivity index (χ1) is 18.1. The number of rotatable bonds is 8. The van der Waals surface area contributed by atoms with Gasteiger partial charge in [0.1, 0.15) is 5.82 Å². The average Bonchev–Trinajstić information content (AvgIpc) is 2.88. The molecule has 1 aromatic carbocycles. The van der Waals surface area contributed by atoms with Crippen molar-refractivity contribution < 1.29 is 17.9 Å². The second-order valence-corrected chi connectivity index (χ2v) is 12.5. The van der Waals surface area contributed by atoms with Crippen LogP contribution in [0.25, 0.3) is 0 Å². The highest BCUT2D eigenvalue weighted by Crippen LogP contribution is 2.31. The van der Waals surface area contributed by atoms with E-state index in [0.29, 0.717) is 45.7 Å². The molecule has 38 heavy (non-hydrogen) atoms. The van der Waals surface area contributed by atoms with E-state index in [1.807, 2.05) is 12.1 Å². The molecule has 2 aliphatic rings. The van der Waals surface area contributed by atoms with E-state index in [-0.39, 0.29) is 5.97 Å². The molecular formula is C26H35Cl2N5O4S. The van der Waals surface area contributed by atoms with Crippen LogP contribution in [-0.4, -0.2) is 87.3 Å². The van der Waals surface area contributed by atoms with Crippen molar-refractivity contribution in [1.82, 2.24) is 14.8 Å². The van der Waals surface area contributed by atoms with Crippen LogP contribution in [0.15, 0.2) is 30.5 Å². The lowest BCUT2D eigenvalue weighted by molar-refractivity contribution is 0.0576. The van der Waals surface area contributed by atoms with Gasteiger partial charge in [0.05, 0.1) is 35.8 Å². The van der Waals surface area contributed by atoms with E-state index >= 15 is 0 Å². The Kier molecular flexibility index (Phi) is 9.41. The summed E-state index contributed by atoms with van der Waals surface area (Å²) >= 11 is 12.6. The number of esters is 1. The van der Waals surface area contributed by atoms with Gasteiger partial charge in [-0.05, 0) is 56.1 Å². The third-order valence-electron chi connectivity index (χ3n) is 7.32. The number of carbonyl (C=O) groups is 1. The molecule has 0 aliphatic carbocycles. The highest BCUT2D eigenvalue weighted by Gasteiger charge is 2.34. The molecule has 1 N–H and O–H groups in total. The van der Waals surface area contributed by atoms with Gasteiger partial charge in [-0.2, -0.15) is 0 Å². The predicted octanol–water partition coefficient (Wildman–Crippen LogP) is 4.11. The number of pyridine rings is 1. The summed E-state index contributed by atoms with van der Waals surface area (Å²) in [6.07, 6.45) is 5.74. The molecule has 0 amide bonds. The van der Waals surface area contributed by atoms with Crippen molar-refractivity contribution in [3.05, 3.63) is 51.6 Å². The highest BCUT2D eigenvalue weighted by molar-refractivity contribution is 7.92. The van der Waals surface area contributed by atoms with Gasteiger partial charge in [0.25, 0.3) is 0 Å². The van der Waals surface area contributed by atoms with Crippen LogP contribution in [0, 0.1) is 0 Å². The van der Waals surface area contributed by atoms with Crippen LogP contribution in [0.1, 0.15) is 42.1 Å². The Bertz CT molecular complexity index is 1250.